The number of carbonyl (C=O) groups excluding carboxylic acids is 8. The van der Waals surface area contributed by atoms with Crippen LogP contribution in [-0.2, 0) is 47.9 Å². The summed E-state index contributed by atoms with van der Waals surface area (Å²) in [5.41, 5.74) is 11.3. The number of unbranched alkanes of at least 4 members (excludes halogenated alkanes) is 1. The van der Waals surface area contributed by atoms with Crippen LogP contribution in [0.1, 0.15) is 79.1 Å². The number of nitrogens with two attached hydrogens (primary N) is 2. The van der Waals surface area contributed by atoms with Gasteiger partial charge < -0.3 is 58.9 Å². The van der Waals surface area contributed by atoms with Crippen LogP contribution in [0.15, 0.2) is 0 Å². The number of thiol groups is 1. The van der Waals surface area contributed by atoms with Crippen LogP contribution in [0.4, 0.5) is 0 Å². The Balaban J connectivity index is 5.42. The zero-order chi connectivity index (χ0) is 41.5. The second-order valence-corrected chi connectivity index (χ2v) is 13.3. The van der Waals surface area contributed by atoms with Crippen LogP contribution >= 0.6 is 12.6 Å². The van der Waals surface area contributed by atoms with Crippen molar-refractivity contribution in [1.29, 1.82) is 0 Å². The van der Waals surface area contributed by atoms with Crippen molar-refractivity contribution < 1.29 is 58.2 Å². The van der Waals surface area contributed by atoms with Gasteiger partial charge in [-0.05, 0) is 51.4 Å². The van der Waals surface area contributed by atoms with Crippen molar-refractivity contribution in [3.63, 3.8) is 0 Å². The molecule has 0 fully saturated rings. The molecule has 0 heterocycles. The van der Waals surface area contributed by atoms with E-state index in [4.69, 9.17) is 21.7 Å². The van der Waals surface area contributed by atoms with Crippen molar-refractivity contribution in [1.82, 2.24) is 37.2 Å². The summed E-state index contributed by atoms with van der Waals surface area (Å²) in [5.74, 6) is -9.05. The number of aliphatic carboxylic acids is 2. The van der Waals surface area contributed by atoms with Gasteiger partial charge in [0, 0.05) is 32.1 Å². The third-order valence-electron chi connectivity index (χ3n) is 7.59. The van der Waals surface area contributed by atoms with E-state index in [0.717, 1.165) is 0 Å². The van der Waals surface area contributed by atoms with Gasteiger partial charge in [0.1, 0.15) is 30.2 Å². The van der Waals surface area contributed by atoms with Gasteiger partial charge in [-0.2, -0.15) is 12.6 Å². The smallest absolute Gasteiger partial charge is 0.303 e. The third kappa shape index (κ3) is 21.5. The van der Waals surface area contributed by atoms with Gasteiger partial charge >= 0.3 is 11.9 Å². The number of amides is 8. The Hall–Kier alpha value is -4.99. The quantitative estimate of drug-likeness (QED) is 0.0283. The summed E-state index contributed by atoms with van der Waals surface area (Å²) in [6, 6.07) is -7.53. The molecule has 0 bridgehead atoms. The molecule has 0 saturated carbocycles. The van der Waals surface area contributed by atoms with Crippen molar-refractivity contribution in [2.45, 2.75) is 115 Å². The van der Waals surface area contributed by atoms with Crippen LogP contribution < -0.4 is 48.7 Å². The van der Waals surface area contributed by atoms with E-state index in [9.17, 15) is 47.9 Å². The van der Waals surface area contributed by atoms with E-state index < -0.39 is 115 Å². The third-order valence-corrected chi connectivity index (χ3v) is 7.95. The summed E-state index contributed by atoms with van der Waals surface area (Å²) in [4.78, 5) is 122. The first-order chi connectivity index (χ1) is 25.2. The maximum absolute atomic E-state index is 13.0. The van der Waals surface area contributed by atoms with Crippen molar-refractivity contribution in [2.75, 3.05) is 18.8 Å². The highest BCUT2D eigenvalue weighted by Gasteiger charge is 2.30. The van der Waals surface area contributed by atoms with Gasteiger partial charge in [0.2, 0.25) is 47.3 Å². The number of rotatable bonds is 27. The van der Waals surface area contributed by atoms with Crippen LogP contribution in [0.5, 0.6) is 0 Å². The molecule has 0 aromatic heterocycles. The minimum atomic E-state index is -1.51. The molecule has 0 rings (SSSR count). The molecule has 13 N–H and O–H groups in total. The second-order valence-electron chi connectivity index (χ2n) is 12.9. The Morgan fingerprint density at radius 3 is 1.65 bits per heavy atom. The minimum Gasteiger partial charge on any atom is -0.481 e. The lowest BCUT2D eigenvalue weighted by Crippen LogP contribution is -2.58. The highest BCUT2D eigenvalue weighted by molar-refractivity contribution is 7.80. The molecule has 21 nitrogen and oxygen atoms in total. The van der Waals surface area contributed by atoms with Crippen LogP contribution in [0, 0.1) is 5.92 Å². The van der Waals surface area contributed by atoms with E-state index in [2.05, 4.69) is 49.8 Å². The van der Waals surface area contributed by atoms with Gasteiger partial charge in [0.05, 0.1) is 12.6 Å². The first-order valence-electron chi connectivity index (χ1n) is 17.3. The Morgan fingerprint density at radius 1 is 0.630 bits per heavy atom. The lowest BCUT2D eigenvalue weighted by atomic mass is 10.0. The molecule has 8 amide bonds. The number of carbonyl (C=O) groups is 10. The molecular weight excluding hydrogens is 734 g/mol. The van der Waals surface area contributed by atoms with E-state index in [1.807, 2.05) is 0 Å². The average Bonchev–Trinajstić information content (AvgIpc) is 3.07. The fourth-order valence-electron chi connectivity index (χ4n) is 4.63. The van der Waals surface area contributed by atoms with Crippen molar-refractivity contribution in [3.8, 4) is 0 Å². The van der Waals surface area contributed by atoms with Crippen molar-refractivity contribution in [2.24, 2.45) is 17.4 Å². The molecule has 0 aliphatic heterocycles. The summed E-state index contributed by atoms with van der Waals surface area (Å²) in [6.07, 6.45) is -0.383. The monoisotopic (exact) mass is 789 g/mol. The van der Waals surface area contributed by atoms with Crippen molar-refractivity contribution >= 4 is 71.8 Å². The highest BCUT2D eigenvalue weighted by atomic mass is 32.1. The number of nitrogens with one attached hydrogen (secondary N) is 7. The molecule has 0 aromatic rings. The predicted molar refractivity (Wildman–Crippen MR) is 195 cm³/mol. The van der Waals surface area contributed by atoms with Gasteiger partial charge in [-0.15, -0.1) is 0 Å². The zero-order valence-corrected chi connectivity index (χ0v) is 31.8. The fourth-order valence-corrected chi connectivity index (χ4v) is 4.89. The largest absolute Gasteiger partial charge is 0.481 e. The molecule has 54 heavy (non-hydrogen) atoms. The van der Waals surface area contributed by atoms with Gasteiger partial charge in [0.25, 0.3) is 0 Å². The second kappa shape index (κ2) is 25.9. The fraction of sp³-hybridized carbons (Fsp3) is 0.688. The molecule has 0 saturated heterocycles. The van der Waals surface area contributed by atoms with Crippen LogP contribution in [0.2, 0.25) is 0 Å². The summed E-state index contributed by atoms with van der Waals surface area (Å²) in [6.45, 7) is 5.82. The van der Waals surface area contributed by atoms with E-state index in [0.29, 0.717) is 19.4 Å². The summed E-state index contributed by atoms with van der Waals surface area (Å²) in [5, 5.41) is 34.9. The number of hydrogen-bond acceptors (Lipinski definition) is 12. The summed E-state index contributed by atoms with van der Waals surface area (Å²) in [7, 11) is 0. The van der Waals surface area contributed by atoms with Crippen molar-refractivity contribution in [3.05, 3.63) is 0 Å². The molecule has 0 aliphatic carbocycles. The number of carboxylic acids is 2. The van der Waals surface area contributed by atoms with E-state index >= 15 is 0 Å². The molecule has 0 radical (unpaired) electrons. The minimum absolute atomic E-state index is 0.0501. The van der Waals surface area contributed by atoms with Gasteiger partial charge in [-0.1, -0.05) is 13.8 Å². The number of carboxylic acid groups (broad SMARTS) is 2. The van der Waals surface area contributed by atoms with E-state index in [-0.39, 0.29) is 36.8 Å². The van der Waals surface area contributed by atoms with Crippen LogP contribution in [-0.4, -0.2) is 125 Å². The Labute approximate surface area is 318 Å². The highest BCUT2D eigenvalue weighted by Crippen LogP contribution is 2.07. The van der Waals surface area contributed by atoms with E-state index in [1.165, 1.54) is 13.8 Å². The molecule has 22 heteroatoms. The Kier molecular flexibility index (Phi) is 23.5. The number of primary amides is 1. The molecule has 6 atom stereocenters. The maximum Gasteiger partial charge on any atom is 0.303 e. The molecule has 0 unspecified atom stereocenters. The van der Waals surface area contributed by atoms with Crippen LogP contribution in [0.3, 0.4) is 0 Å². The number of hydrogen-bond donors (Lipinski definition) is 12. The lowest BCUT2D eigenvalue weighted by molar-refractivity contribution is -0.138. The first-order valence-corrected chi connectivity index (χ1v) is 17.9. The molecular formula is C32H55N9O12S. The summed E-state index contributed by atoms with van der Waals surface area (Å²) >= 11 is 4.08. The topological polar surface area (TPSA) is 347 Å². The standard InChI is InChI=1S/C32H55N9O12S/c1-16(2)13-22(27(34)48)40-31(52)21(9-11-26(46)47)38-24(43)14-36-30(51)20(8-10-25(44)45)39-28(49)17(3)37-32(53)23(15-54)41-29(50)19(33)7-5-6-12-35-18(4)42/h16-17,19-23,54H,5-15,33H2,1-4H3,(H2,34,48)(H,35,42)(H,36,51)(H,37,53)(H,38,43)(H,39,49)(H,40,52)(H,41,50)(H,44,45)(H,46,47)/t17-,19-,20-,21-,22-,23-/m0/s1. The molecule has 0 aliphatic rings. The predicted octanol–water partition coefficient (Wildman–Crippen LogP) is -3.63. The summed E-state index contributed by atoms with van der Waals surface area (Å²) < 4.78 is 0. The van der Waals surface area contributed by atoms with Gasteiger partial charge in [-0.3, -0.25) is 47.9 Å². The normalized spacial score (nSPS) is 14.1. The first kappa shape index (κ1) is 49.0. The lowest BCUT2D eigenvalue weighted by Gasteiger charge is -2.24. The maximum atomic E-state index is 13.0. The molecule has 0 spiro atoms. The SMILES string of the molecule is CC(=O)NCCCC[C@H](N)C(=O)N[C@@H](CS)C(=O)N[C@@H](C)C(=O)N[C@@H](CCC(=O)O)C(=O)NCC(=O)N[C@@H](CCC(=O)O)C(=O)N[C@@H](CC(C)C)C(N)=O. The average molecular weight is 790 g/mol. The van der Waals surface area contributed by atoms with Gasteiger partial charge in [0.15, 0.2) is 0 Å². The Bertz CT molecular complexity index is 1350. The molecule has 0 aromatic carbocycles. The molecule has 306 valence electrons. The van der Waals surface area contributed by atoms with E-state index in [1.54, 1.807) is 13.8 Å². The van der Waals surface area contributed by atoms with Gasteiger partial charge in [-0.25, -0.2) is 0 Å². The van der Waals surface area contributed by atoms with Crippen LogP contribution in [0.25, 0.3) is 0 Å². The zero-order valence-electron chi connectivity index (χ0n) is 30.9. The Morgan fingerprint density at radius 2 is 1.15 bits per heavy atom.